The van der Waals surface area contributed by atoms with Gasteiger partial charge in [-0.15, -0.1) is 0 Å². The molecule has 5 rings (SSSR count). The van der Waals surface area contributed by atoms with Crippen LogP contribution in [0.15, 0.2) is 65.4 Å². The van der Waals surface area contributed by atoms with Crippen LogP contribution in [0.5, 0.6) is 16.7 Å². The summed E-state index contributed by atoms with van der Waals surface area (Å²) < 4.78 is 17.1. The van der Waals surface area contributed by atoms with Crippen LogP contribution in [-0.4, -0.2) is 16.0 Å². The van der Waals surface area contributed by atoms with E-state index in [1.165, 1.54) is 34.7 Å². The second kappa shape index (κ2) is 8.84. The van der Waals surface area contributed by atoms with E-state index >= 15 is 0 Å². The van der Waals surface area contributed by atoms with Gasteiger partial charge in [0.1, 0.15) is 17.6 Å². The van der Waals surface area contributed by atoms with Crippen LogP contribution in [-0.2, 0) is 13.0 Å². The number of hydrogen-bond acceptors (Lipinski definition) is 7. The summed E-state index contributed by atoms with van der Waals surface area (Å²) in [6.45, 7) is 2.45. The van der Waals surface area contributed by atoms with Crippen molar-refractivity contribution < 1.29 is 18.8 Å². The van der Waals surface area contributed by atoms with Crippen molar-refractivity contribution in [1.29, 1.82) is 0 Å². The number of hydrogen-bond donors (Lipinski definition) is 1. The zero-order valence-corrected chi connectivity index (χ0v) is 18.2. The first-order valence-corrected chi connectivity index (χ1v) is 11.1. The lowest BCUT2D eigenvalue weighted by Crippen LogP contribution is -2.21. The Morgan fingerprint density at radius 3 is 3.00 bits per heavy atom. The molecule has 1 aliphatic rings. The Labute approximate surface area is 189 Å². The molecule has 0 fully saturated rings. The molecule has 1 aliphatic heterocycles. The average Bonchev–Trinajstić information content (AvgIpc) is 3.50. The number of nitrogens with zero attached hydrogens (tertiary/aromatic N) is 2. The van der Waals surface area contributed by atoms with Gasteiger partial charge >= 0.3 is 0 Å². The van der Waals surface area contributed by atoms with Crippen molar-refractivity contribution in [3.05, 3.63) is 88.3 Å². The molecule has 7 nitrogen and oxygen atoms in total. The van der Waals surface area contributed by atoms with Crippen LogP contribution in [0.1, 0.15) is 44.6 Å². The van der Waals surface area contributed by atoms with Gasteiger partial charge in [-0.25, -0.2) is 4.98 Å². The minimum absolute atomic E-state index is 0.0733. The van der Waals surface area contributed by atoms with E-state index in [1.54, 1.807) is 6.20 Å². The van der Waals surface area contributed by atoms with Crippen molar-refractivity contribution in [2.75, 3.05) is 0 Å². The third kappa shape index (κ3) is 4.36. The minimum Gasteiger partial charge on any atom is -0.485 e. The molecule has 8 heteroatoms. The van der Waals surface area contributed by atoms with Crippen LogP contribution in [0, 0.1) is 6.92 Å². The van der Waals surface area contributed by atoms with E-state index in [-0.39, 0.29) is 17.8 Å². The van der Waals surface area contributed by atoms with Gasteiger partial charge in [-0.3, -0.25) is 4.79 Å². The fourth-order valence-electron chi connectivity index (χ4n) is 3.70. The molecule has 0 saturated carbocycles. The number of fused-ring (bicyclic) bond motifs is 1. The molecule has 1 atom stereocenters. The lowest BCUT2D eigenvalue weighted by Gasteiger charge is -2.27. The molecular formula is C24H21N3O4S. The minimum atomic E-state index is -0.322. The molecule has 1 amide bonds. The molecule has 4 aromatic rings. The fraction of sp³-hybridized carbons (Fsp3) is 0.208. The van der Waals surface area contributed by atoms with Crippen LogP contribution in [0.2, 0.25) is 0 Å². The molecule has 2 aromatic carbocycles. The molecule has 3 heterocycles. The van der Waals surface area contributed by atoms with Gasteiger partial charge in [0.15, 0.2) is 0 Å². The normalized spacial score (nSPS) is 15.0. The summed E-state index contributed by atoms with van der Waals surface area (Å²) in [5.41, 5.74) is 3.62. The molecular weight excluding hydrogens is 426 g/mol. The Bertz CT molecular complexity index is 1240. The Hall–Kier alpha value is -3.65. The first kappa shape index (κ1) is 20.3. The summed E-state index contributed by atoms with van der Waals surface area (Å²) in [5, 5.41) is 6.81. The van der Waals surface area contributed by atoms with Crippen molar-refractivity contribution in [3.8, 4) is 16.7 Å². The number of carbonyl (C=O) groups excluding carboxylic acids is 1. The predicted molar refractivity (Wildman–Crippen MR) is 119 cm³/mol. The molecule has 162 valence electrons. The van der Waals surface area contributed by atoms with E-state index in [2.05, 4.69) is 40.6 Å². The number of aryl methyl sites for hydroxylation is 2. The van der Waals surface area contributed by atoms with Crippen molar-refractivity contribution in [2.24, 2.45) is 0 Å². The predicted octanol–water partition coefficient (Wildman–Crippen LogP) is 5.23. The van der Waals surface area contributed by atoms with Gasteiger partial charge in [0, 0.05) is 17.1 Å². The Kier molecular flexibility index (Phi) is 5.60. The smallest absolute Gasteiger partial charge is 0.290 e. The lowest BCUT2D eigenvalue weighted by molar-refractivity contribution is 0.0914. The number of benzene rings is 2. The number of rotatable bonds is 6. The Balaban J connectivity index is 1.21. The number of aromatic nitrogens is 2. The van der Waals surface area contributed by atoms with Gasteiger partial charge in [0.2, 0.25) is 5.76 Å². The van der Waals surface area contributed by atoms with Crippen molar-refractivity contribution in [1.82, 2.24) is 15.5 Å². The van der Waals surface area contributed by atoms with E-state index in [1.807, 2.05) is 24.3 Å². The SMILES string of the molecule is Cc1ccccc1C1CCc2cc(Oc3ncc(CNC(=O)c4ccno4)s3)ccc2O1. The standard InChI is InChI=1S/C24H21N3O4S/c1-15-4-2-3-5-19(15)21-8-6-16-12-17(7-9-20(16)30-21)29-24-26-14-18(32-24)13-25-23(28)22-10-11-27-31-22/h2-5,7,9-12,14,21H,6,8,13H2,1H3,(H,25,28). The molecule has 0 radical (unpaired) electrons. The first-order valence-electron chi connectivity index (χ1n) is 10.3. The lowest BCUT2D eigenvalue weighted by atomic mass is 9.95. The second-order valence-electron chi connectivity index (χ2n) is 7.53. The first-order chi connectivity index (χ1) is 15.7. The van der Waals surface area contributed by atoms with Crippen molar-refractivity contribution >= 4 is 17.2 Å². The molecule has 2 aromatic heterocycles. The average molecular weight is 448 g/mol. The molecule has 0 bridgehead atoms. The highest BCUT2D eigenvalue weighted by molar-refractivity contribution is 7.13. The summed E-state index contributed by atoms with van der Waals surface area (Å²) in [7, 11) is 0. The number of ether oxygens (including phenoxy) is 2. The van der Waals surface area contributed by atoms with Crippen LogP contribution in [0.4, 0.5) is 0 Å². The zero-order chi connectivity index (χ0) is 21.9. The maximum absolute atomic E-state index is 11.9. The van der Waals surface area contributed by atoms with Gasteiger partial charge < -0.3 is 19.3 Å². The van der Waals surface area contributed by atoms with E-state index in [4.69, 9.17) is 14.0 Å². The van der Waals surface area contributed by atoms with Gasteiger partial charge in [0.05, 0.1) is 12.7 Å². The van der Waals surface area contributed by atoms with E-state index in [9.17, 15) is 4.79 Å². The largest absolute Gasteiger partial charge is 0.485 e. The van der Waals surface area contributed by atoms with Gasteiger partial charge in [-0.05, 0) is 54.7 Å². The third-order valence-electron chi connectivity index (χ3n) is 5.33. The summed E-state index contributed by atoms with van der Waals surface area (Å²) >= 11 is 1.38. The summed E-state index contributed by atoms with van der Waals surface area (Å²) in [5.74, 6) is 1.46. The number of carbonyl (C=O) groups is 1. The maximum Gasteiger partial charge on any atom is 0.290 e. The van der Waals surface area contributed by atoms with E-state index in [0.29, 0.717) is 17.5 Å². The highest BCUT2D eigenvalue weighted by Crippen LogP contribution is 2.38. The number of amides is 1. The van der Waals surface area contributed by atoms with Crippen LogP contribution in [0.3, 0.4) is 0 Å². The zero-order valence-electron chi connectivity index (χ0n) is 17.4. The quantitative estimate of drug-likeness (QED) is 0.436. The summed E-state index contributed by atoms with van der Waals surface area (Å²) in [6.07, 6.45) is 5.04. The van der Waals surface area contributed by atoms with E-state index in [0.717, 1.165) is 29.0 Å². The topological polar surface area (TPSA) is 86.5 Å². The van der Waals surface area contributed by atoms with Gasteiger partial charge in [-0.2, -0.15) is 0 Å². The van der Waals surface area contributed by atoms with E-state index < -0.39 is 0 Å². The fourth-order valence-corrected chi connectivity index (χ4v) is 4.42. The van der Waals surface area contributed by atoms with Crippen molar-refractivity contribution in [2.45, 2.75) is 32.4 Å². The second-order valence-corrected chi connectivity index (χ2v) is 8.60. The van der Waals surface area contributed by atoms with Crippen LogP contribution < -0.4 is 14.8 Å². The molecule has 0 saturated heterocycles. The Morgan fingerprint density at radius 1 is 1.25 bits per heavy atom. The molecule has 0 spiro atoms. The van der Waals surface area contributed by atoms with Crippen LogP contribution >= 0.6 is 11.3 Å². The maximum atomic E-state index is 11.9. The highest BCUT2D eigenvalue weighted by Gasteiger charge is 2.23. The monoisotopic (exact) mass is 447 g/mol. The summed E-state index contributed by atoms with van der Waals surface area (Å²) in [6, 6.07) is 15.7. The number of thiazole rings is 1. The highest BCUT2D eigenvalue weighted by atomic mass is 32.1. The molecule has 1 unspecified atom stereocenters. The van der Waals surface area contributed by atoms with Gasteiger partial charge in [0.25, 0.3) is 11.1 Å². The molecule has 0 aliphatic carbocycles. The third-order valence-corrected chi connectivity index (χ3v) is 6.21. The molecule has 32 heavy (non-hydrogen) atoms. The summed E-state index contributed by atoms with van der Waals surface area (Å²) in [4.78, 5) is 17.1. The number of nitrogens with one attached hydrogen (secondary N) is 1. The molecule has 1 N–H and O–H groups in total. The Morgan fingerprint density at radius 2 is 2.16 bits per heavy atom. The van der Waals surface area contributed by atoms with Crippen LogP contribution in [0.25, 0.3) is 0 Å². The van der Waals surface area contributed by atoms with Gasteiger partial charge in [-0.1, -0.05) is 40.8 Å². The van der Waals surface area contributed by atoms with Crippen molar-refractivity contribution in [3.63, 3.8) is 0 Å².